The first-order valence-corrected chi connectivity index (χ1v) is 11.6. The maximum atomic E-state index is 9.14. The highest BCUT2D eigenvalue weighted by Gasteiger charge is 2.17. The minimum absolute atomic E-state index is 0. The summed E-state index contributed by atoms with van der Waals surface area (Å²) in [4.78, 5) is 4.74. The molecule has 0 unspecified atom stereocenters. The van der Waals surface area contributed by atoms with Crippen molar-refractivity contribution in [3.63, 3.8) is 0 Å². The molecule has 4 rings (SSSR count). The van der Waals surface area contributed by atoms with E-state index in [2.05, 4.69) is 43.1 Å². The van der Waals surface area contributed by atoms with E-state index in [4.69, 9.17) is 15.1 Å². The summed E-state index contributed by atoms with van der Waals surface area (Å²) in [6.07, 6.45) is 13.4. The van der Waals surface area contributed by atoms with E-state index in [1.807, 2.05) is 43.5 Å². The van der Waals surface area contributed by atoms with Gasteiger partial charge in [-0.2, -0.15) is 0 Å². The molecule has 0 fully saturated rings. The number of methoxy groups -OCH3 is 1. The summed E-state index contributed by atoms with van der Waals surface area (Å²) < 4.78 is 5.72. The van der Waals surface area contributed by atoms with E-state index in [1.54, 1.807) is 7.11 Å². The van der Waals surface area contributed by atoms with Crippen molar-refractivity contribution < 1.29 is 4.74 Å². The molecule has 3 heteroatoms. The van der Waals surface area contributed by atoms with Crippen LogP contribution in [0.4, 0.5) is 0 Å². The number of rotatable bonds is 8. The lowest BCUT2D eigenvalue weighted by atomic mass is 9.91. The highest BCUT2D eigenvalue weighted by molar-refractivity contribution is 6.18. The number of hydrogen-bond donors (Lipinski definition) is 1. The Morgan fingerprint density at radius 2 is 1.83 bits per heavy atom. The molecule has 0 aliphatic heterocycles. The highest BCUT2D eigenvalue weighted by atomic mass is 16.5. The van der Waals surface area contributed by atoms with Crippen LogP contribution in [0.2, 0.25) is 0 Å². The number of nitrogens with one attached hydrogen (secondary N) is 1. The number of nitrogens with zero attached hydrogens (tertiary/aromatic N) is 1. The molecule has 0 amide bonds. The van der Waals surface area contributed by atoms with Gasteiger partial charge in [-0.25, -0.2) is 0 Å². The Morgan fingerprint density at radius 1 is 1.06 bits per heavy atom. The molecule has 0 radical (unpaired) electrons. The van der Waals surface area contributed by atoms with Gasteiger partial charge in [0.2, 0.25) is 0 Å². The molecule has 3 aromatic rings. The van der Waals surface area contributed by atoms with E-state index in [9.17, 15) is 0 Å². The highest BCUT2D eigenvalue weighted by Crippen LogP contribution is 2.32. The van der Waals surface area contributed by atoms with Crippen molar-refractivity contribution in [2.75, 3.05) is 7.11 Å². The molecule has 182 valence electrons. The van der Waals surface area contributed by atoms with Gasteiger partial charge < -0.3 is 4.74 Å². The van der Waals surface area contributed by atoms with Gasteiger partial charge in [-0.3, -0.25) is 10.4 Å². The van der Waals surface area contributed by atoms with E-state index in [-0.39, 0.29) is 14.9 Å². The molecule has 0 spiro atoms. The van der Waals surface area contributed by atoms with Gasteiger partial charge in [0, 0.05) is 34.3 Å². The first-order chi connectivity index (χ1) is 16.1. The average Bonchev–Trinajstić information content (AvgIpc) is 3.36. The quantitative estimate of drug-likeness (QED) is 0.269. The molecule has 1 aromatic heterocycles. The summed E-state index contributed by atoms with van der Waals surface area (Å²) in [6, 6.07) is 12.2. The molecular weight excluding hydrogens is 428 g/mol. The van der Waals surface area contributed by atoms with Crippen LogP contribution in [-0.2, 0) is 12.8 Å². The fraction of sp³-hybridized carbons (Fsp3) is 0.312. The van der Waals surface area contributed by atoms with Crippen molar-refractivity contribution in [3.8, 4) is 17.6 Å². The van der Waals surface area contributed by atoms with Gasteiger partial charge in [0.05, 0.1) is 18.3 Å². The largest absolute Gasteiger partial charge is 0.496 e. The van der Waals surface area contributed by atoms with Gasteiger partial charge in [0.1, 0.15) is 5.75 Å². The molecule has 3 nitrogen and oxygen atoms in total. The Morgan fingerprint density at radius 3 is 2.46 bits per heavy atom. The summed E-state index contributed by atoms with van der Waals surface area (Å²) in [6.45, 7) is 4.00. The summed E-state index contributed by atoms with van der Waals surface area (Å²) in [7, 11) is 1.72. The van der Waals surface area contributed by atoms with Gasteiger partial charge in [-0.05, 0) is 61.9 Å². The Balaban J connectivity index is 0.00000216. The second kappa shape index (κ2) is 12.7. The van der Waals surface area contributed by atoms with Gasteiger partial charge in [-0.1, -0.05) is 70.1 Å². The lowest BCUT2D eigenvalue weighted by Crippen LogP contribution is -2.08. The molecule has 0 bridgehead atoms. The van der Waals surface area contributed by atoms with Gasteiger partial charge >= 0.3 is 0 Å². The number of hydrogen-bond acceptors (Lipinski definition) is 3. The zero-order valence-corrected chi connectivity index (χ0v) is 19.7. The third kappa shape index (κ3) is 6.08. The van der Waals surface area contributed by atoms with Crippen molar-refractivity contribution in [1.82, 2.24) is 4.98 Å². The third-order valence-electron chi connectivity index (χ3n) is 6.09. The SMILES string of the molecule is C.C.CC#Cc1ccc(C(=N)c2c(CCC)cnc3cc(OC)c(CCC4=CCC=C4)cc23)cc1. The number of allylic oxidation sites excluding steroid dienone is 4. The Kier molecular flexibility index (Phi) is 10.0. The molecular formula is C32H38N2O. The number of pyridine rings is 1. The number of ether oxygens (including phenoxy) is 1. The standard InChI is InChI=1S/C30H30N2O.2CH4/c1-4-8-21-12-15-23(16-13-21)30(31)29-25(9-5-2)20-32-27-19-28(33-3)24(18-26(27)29)17-14-22-10-6-7-11-22;;/h6,10-13,15-16,18-20,31H,5,7,9,14,17H2,1-3H3;2*1H4. The van der Waals surface area contributed by atoms with E-state index in [0.717, 1.165) is 76.6 Å². The monoisotopic (exact) mass is 466 g/mol. The summed E-state index contributed by atoms with van der Waals surface area (Å²) in [5.74, 6) is 6.87. The number of benzene rings is 2. The maximum Gasteiger partial charge on any atom is 0.124 e. The molecule has 0 saturated carbocycles. The molecule has 0 atom stereocenters. The van der Waals surface area contributed by atoms with Crippen LogP contribution in [0.5, 0.6) is 5.75 Å². The summed E-state index contributed by atoms with van der Waals surface area (Å²) in [5.41, 5.74) is 7.86. The number of aromatic nitrogens is 1. The molecule has 1 aliphatic carbocycles. The zero-order chi connectivity index (χ0) is 23.2. The van der Waals surface area contributed by atoms with Crippen LogP contribution in [0.25, 0.3) is 10.9 Å². The third-order valence-corrected chi connectivity index (χ3v) is 6.09. The molecule has 2 aromatic carbocycles. The van der Waals surface area contributed by atoms with Crippen LogP contribution < -0.4 is 4.74 Å². The van der Waals surface area contributed by atoms with Crippen LogP contribution in [0.3, 0.4) is 0 Å². The van der Waals surface area contributed by atoms with Crippen LogP contribution in [-0.4, -0.2) is 17.8 Å². The van der Waals surface area contributed by atoms with Gasteiger partial charge in [0.15, 0.2) is 0 Å². The first kappa shape index (κ1) is 27.6. The topological polar surface area (TPSA) is 46.0 Å². The second-order valence-electron chi connectivity index (χ2n) is 8.33. The number of aryl methyl sites for hydroxylation is 2. The minimum atomic E-state index is 0. The number of fused-ring (bicyclic) bond motifs is 1. The van der Waals surface area contributed by atoms with Gasteiger partial charge in [0.25, 0.3) is 0 Å². The van der Waals surface area contributed by atoms with Crippen LogP contribution >= 0.6 is 0 Å². The van der Waals surface area contributed by atoms with E-state index in [1.165, 1.54) is 5.57 Å². The first-order valence-electron chi connectivity index (χ1n) is 11.6. The Bertz CT molecular complexity index is 1300. The second-order valence-corrected chi connectivity index (χ2v) is 8.33. The predicted octanol–water partition coefficient (Wildman–Crippen LogP) is 8.07. The fourth-order valence-electron chi connectivity index (χ4n) is 4.43. The lowest BCUT2D eigenvalue weighted by Gasteiger charge is -2.17. The van der Waals surface area contributed by atoms with E-state index < -0.39 is 0 Å². The lowest BCUT2D eigenvalue weighted by molar-refractivity contribution is 0.410. The smallest absolute Gasteiger partial charge is 0.124 e. The molecule has 35 heavy (non-hydrogen) atoms. The minimum Gasteiger partial charge on any atom is -0.496 e. The van der Waals surface area contributed by atoms with Crippen LogP contribution in [0.1, 0.15) is 75.8 Å². The zero-order valence-electron chi connectivity index (χ0n) is 19.7. The predicted molar refractivity (Wildman–Crippen MR) is 151 cm³/mol. The van der Waals surface area contributed by atoms with Crippen molar-refractivity contribution in [2.45, 2.75) is 60.8 Å². The average molecular weight is 467 g/mol. The van der Waals surface area contributed by atoms with E-state index in [0.29, 0.717) is 5.71 Å². The molecule has 1 heterocycles. The summed E-state index contributed by atoms with van der Waals surface area (Å²) >= 11 is 0. The molecule has 1 aliphatic rings. The van der Waals surface area contributed by atoms with Gasteiger partial charge in [-0.15, -0.1) is 5.92 Å². The van der Waals surface area contributed by atoms with Crippen LogP contribution in [0, 0.1) is 17.3 Å². The van der Waals surface area contributed by atoms with Crippen molar-refractivity contribution in [2.24, 2.45) is 0 Å². The molecule has 1 N–H and O–H groups in total. The summed E-state index contributed by atoms with van der Waals surface area (Å²) in [5, 5.41) is 10.2. The Hall–Kier alpha value is -3.64. The maximum absolute atomic E-state index is 9.14. The fourth-order valence-corrected chi connectivity index (χ4v) is 4.43. The van der Waals surface area contributed by atoms with E-state index >= 15 is 0 Å². The van der Waals surface area contributed by atoms with Crippen LogP contribution in [0.15, 0.2) is 66.4 Å². The van der Waals surface area contributed by atoms with Crippen molar-refractivity contribution in [3.05, 3.63) is 94.2 Å². The Labute approximate surface area is 211 Å². The van der Waals surface area contributed by atoms with Crippen molar-refractivity contribution in [1.29, 1.82) is 5.41 Å². The normalized spacial score (nSPS) is 11.7. The van der Waals surface area contributed by atoms with Crippen molar-refractivity contribution >= 4 is 16.6 Å². The molecule has 0 saturated heterocycles.